The Bertz CT molecular complexity index is 854. The zero-order valence-corrected chi connectivity index (χ0v) is 14.9. The van der Waals surface area contributed by atoms with Gasteiger partial charge < -0.3 is 4.90 Å². The first kappa shape index (κ1) is 16.4. The van der Waals surface area contributed by atoms with Gasteiger partial charge in [-0.25, -0.2) is 12.8 Å². The highest BCUT2D eigenvalue weighted by atomic mass is 35.5. The molecule has 1 aromatic carbocycles. The quantitative estimate of drug-likeness (QED) is 0.778. The van der Waals surface area contributed by atoms with E-state index in [2.05, 4.69) is 4.99 Å². The molecule has 9 heteroatoms. The number of hydrogen-bond donors (Lipinski definition) is 0. The van der Waals surface area contributed by atoms with Crippen molar-refractivity contribution < 1.29 is 17.6 Å². The third-order valence-electron chi connectivity index (χ3n) is 4.38. The van der Waals surface area contributed by atoms with Gasteiger partial charge in [0, 0.05) is 16.9 Å². The van der Waals surface area contributed by atoms with E-state index in [9.17, 15) is 17.6 Å². The summed E-state index contributed by atoms with van der Waals surface area (Å²) in [7, 11) is -3.14. The number of aliphatic imine (C=N–C) groups is 1. The molecule has 1 aliphatic carbocycles. The molecule has 3 fully saturated rings. The number of amides is 1. The van der Waals surface area contributed by atoms with Gasteiger partial charge >= 0.3 is 0 Å². The predicted molar refractivity (Wildman–Crippen MR) is 92.9 cm³/mol. The number of carbonyl (C=O) groups excluding carboxylic acids is 1. The van der Waals surface area contributed by atoms with E-state index >= 15 is 0 Å². The van der Waals surface area contributed by atoms with Crippen molar-refractivity contribution in [3.05, 3.63) is 29.0 Å². The molecule has 2 aliphatic heterocycles. The molecule has 0 N–H and O–H groups in total. The minimum Gasteiger partial charge on any atom is -0.315 e. The van der Waals surface area contributed by atoms with Gasteiger partial charge in [-0.1, -0.05) is 23.4 Å². The minimum atomic E-state index is -3.14. The van der Waals surface area contributed by atoms with Crippen molar-refractivity contribution in [3.8, 4) is 0 Å². The number of sulfone groups is 1. The van der Waals surface area contributed by atoms with Gasteiger partial charge in [0.2, 0.25) is 0 Å². The van der Waals surface area contributed by atoms with Crippen LogP contribution in [-0.4, -0.2) is 42.3 Å². The van der Waals surface area contributed by atoms with Gasteiger partial charge in [-0.15, -0.1) is 0 Å². The molecule has 1 aromatic rings. The normalized spacial score (nSPS) is 29.9. The fraction of sp³-hybridized carbons (Fsp3) is 0.467. The maximum absolute atomic E-state index is 13.9. The fourth-order valence-corrected chi connectivity index (χ4v) is 7.05. The molecule has 0 spiro atoms. The average molecular weight is 389 g/mol. The molecule has 4 rings (SSSR count). The van der Waals surface area contributed by atoms with E-state index < -0.39 is 15.7 Å². The lowest BCUT2D eigenvalue weighted by atomic mass is 10.2. The Morgan fingerprint density at radius 2 is 2.08 bits per heavy atom. The minimum absolute atomic E-state index is 0.00580. The standard InChI is InChI=1S/C15H14ClFN2O3S2/c16-10-4-3-9(5-11(10)17)19-12-6-24(21,22)7-13(12)23-15(19)18-14(20)8-1-2-8/h3-5,8,12-13H,1-2,6-7H2/t12-,13+/m0/s1. The average Bonchev–Trinajstić information content (AvgIpc) is 3.23. The summed E-state index contributed by atoms with van der Waals surface area (Å²) in [5.41, 5.74) is 0.469. The molecule has 24 heavy (non-hydrogen) atoms. The van der Waals surface area contributed by atoms with Crippen LogP contribution >= 0.6 is 23.4 Å². The molecule has 2 atom stereocenters. The zero-order valence-electron chi connectivity index (χ0n) is 12.5. The Kier molecular flexibility index (Phi) is 3.89. The van der Waals surface area contributed by atoms with Crippen LogP contribution in [0.15, 0.2) is 23.2 Å². The first-order chi connectivity index (χ1) is 11.3. The van der Waals surface area contributed by atoms with Gasteiger partial charge in [-0.2, -0.15) is 4.99 Å². The number of hydrogen-bond acceptors (Lipinski definition) is 4. The molecular formula is C15H14ClFN2O3S2. The lowest BCUT2D eigenvalue weighted by Crippen LogP contribution is -2.37. The second-order valence-electron chi connectivity index (χ2n) is 6.28. The first-order valence-electron chi connectivity index (χ1n) is 7.58. The third-order valence-corrected chi connectivity index (χ3v) is 7.90. The summed E-state index contributed by atoms with van der Waals surface area (Å²) in [5.74, 6) is -0.765. The Labute approximate surface area is 148 Å². The van der Waals surface area contributed by atoms with Crippen LogP contribution in [0.5, 0.6) is 0 Å². The molecule has 2 heterocycles. The van der Waals surface area contributed by atoms with E-state index in [-0.39, 0.29) is 39.6 Å². The molecule has 1 saturated carbocycles. The summed E-state index contributed by atoms with van der Waals surface area (Å²) in [5, 5.41) is 0.256. The summed E-state index contributed by atoms with van der Waals surface area (Å²) >= 11 is 7.03. The fourth-order valence-electron chi connectivity index (χ4n) is 3.02. The highest BCUT2D eigenvalue weighted by molar-refractivity contribution is 8.16. The lowest BCUT2D eigenvalue weighted by molar-refractivity contribution is -0.118. The summed E-state index contributed by atoms with van der Waals surface area (Å²) < 4.78 is 37.8. The second-order valence-corrected chi connectivity index (χ2v) is 10.0. The van der Waals surface area contributed by atoms with Crippen molar-refractivity contribution in [3.63, 3.8) is 0 Å². The van der Waals surface area contributed by atoms with E-state index in [0.29, 0.717) is 10.9 Å². The van der Waals surface area contributed by atoms with Gasteiger partial charge in [0.1, 0.15) is 5.82 Å². The number of fused-ring (bicyclic) bond motifs is 1. The molecule has 1 amide bonds. The number of nitrogens with zero attached hydrogens (tertiary/aromatic N) is 2. The van der Waals surface area contributed by atoms with Crippen LogP contribution in [0.3, 0.4) is 0 Å². The van der Waals surface area contributed by atoms with Gasteiger partial charge in [0.15, 0.2) is 15.0 Å². The molecule has 3 aliphatic rings. The van der Waals surface area contributed by atoms with Gasteiger partial charge in [-0.05, 0) is 31.0 Å². The topological polar surface area (TPSA) is 66.8 Å². The van der Waals surface area contributed by atoms with E-state index in [4.69, 9.17) is 11.6 Å². The Morgan fingerprint density at radius 1 is 1.33 bits per heavy atom. The third kappa shape index (κ3) is 2.95. The van der Waals surface area contributed by atoms with Crippen molar-refractivity contribution in [2.24, 2.45) is 10.9 Å². The molecule has 5 nitrogen and oxygen atoms in total. The summed E-state index contributed by atoms with van der Waals surface area (Å²) in [6, 6.07) is 3.96. The molecule has 0 radical (unpaired) electrons. The molecular weight excluding hydrogens is 375 g/mol. The van der Waals surface area contributed by atoms with Crippen LogP contribution in [-0.2, 0) is 14.6 Å². The van der Waals surface area contributed by atoms with E-state index in [1.54, 1.807) is 11.0 Å². The van der Waals surface area contributed by atoms with Crippen molar-refractivity contribution in [2.45, 2.75) is 24.1 Å². The first-order valence-corrected chi connectivity index (χ1v) is 10.7. The van der Waals surface area contributed by atoms with Crippen LogP contribution in [0.25, 0.3) is 0 Å². The number of amidine groups is 1. The van der Waals surface area contributed by atoms with Crippen LogP contribution in [0, 0.1) is 11.7 Å². The van der Waals surface area contributed by atoms with Crippen LogP contribution in [0.4, 0.5) is 10.1 Å². The number of benzene rings is 1. The number of thioether (sulfide) groups is 1. The van der Waals surface area contributed by atoms with Crippen molar-refractivity contribution in [2.75, 3.05) is 16.4 Å². The molecule has 0 unspecified atom stereocenters. The van der Waals surface area contributed by atoms with Gasteiger partial charge in [-0.3, -0.25) is 4.79 Å². The smallest absolute Gasteiger partial charge is 0.251 e. The summed E-state index contributed by atoms with van der Waals surface area (Å²) in [4.78, 5) is 17.9. The lowest BCUT2D eigenvalue weighted by Gasteiger charge is -2.24. The monoisotopic (exact) mass is 388 g/mol. The van der Waals surface area contributed by atoms with Gasteiger partial charge in [0.25, 0.3) is 5.91 Å². The molecule has 0 bridgehead atoms. The Morgan fingerprint density at radius 3 is 2.75 bits per heavy atom. The highest BCUT2D eigenvalue weighted by Crippen LogP contribution is 2.42. The predicted octanol–water partition coefficient (Wildman–Crippen LogP) is 2.49. The highest BCUT2D eigenvalue weighted by Gasteiger charge is 2.49. The van der Waals surface area contributed by atoms with Gasteiger partial charge in [0.05, 0.1) is 22.6 Å². The van der Waals surface area contributed by atoms with Crippen LogP contribution < -0.4 is 4.90 Å². The SMILES string of the molecule is O=C(N=C1S[C@@H]2CS(=O)(=O)C[C@@H]2N1c1ccc(Cl)c(F)c1)C1CC1. The maximum Gasteiger partial charge on any atom is 0.251 e. The number of halogens is 2. The number of carbonyl (C=O) groups is 1. The van der Waals surface area contributed by atoms with E-state index in [1.165, 1.54) is 23.9 Å². The Hall–Kier alpha value is -1.12. The second kappa shape index (κ2) is 5.71. The van der Waals surface area contributed by atoms with E-state index in [1.807, 2.05) is 0 Å². The molecule has 128 valence electrons. The number of anilines is 1. The van der Waals surface area contributed by atoms with Crippen molar-refractivity contribution in [1.29, 1.82) is 0 Å². The van der Waals surface area contributed by atoms with Crippen LogP contribution in [0.1, 0.15) is 12.8 Å². The van der Waals surface area contributed by atoms with E-state index in [0.717, 1.165) is 12.8 Å². The summed E-state index contributed by atoms with van der Waals surface area (Å²) in [6.45, 7) is 0. The summed E-state index contributed by atoms with van der Waals surface area (Å²) in [6.07, 6.45) is 1.69. The van der Waals surface area contributed by atoms with Crippen molar-refractivity contribution >= 4 is 50.0 Å². The maximum atomic E-state index is 13.9. The molecule has 2 saturated heterocycles. The zero-order chi connectivity index (χ0) is 17.1. The van der Waals surface area contributed by atoms with Crippen LogP contribution in [0.2, 0.25) is 5.02 Å². The number of rotatable bonds is 2. The van der Waals surface area contributed by atoms with Crippen molar-refractivity contribution in [1.82, 2.24) is 0 Å². The molecule has 0 aromatic heterocycles. The Balaban J connectivity index is 1.74. The largest absolute Gasteiger partial charge is 0.315 e.